The molecule has 0 aromatic heterocycles. The van der Waals surface area contributed by atoms with Gasteiger partial charge in [0.05, 0.1) is 0 Å². The van der Waals surface area contributed by atoms with Gasteiger partial charge in [-0.3, -0.25) is 0 Å². The number of hydrogen-bond acceptors (Lipinski definition) is 4. The second-order valence-electron chi connectivity index (χ2n) is 6.32. The van der Waals surface area contributed by atoms with Crippen LogP contribution in [0.3, 0.4) is 0 Å². The Balaban J connectivity index is 1.60. The topological polar surface area (TPSA) is 48.3 Å². The number of piperidine rings is 1. The van der Waals surface area contributed by atoms with Crippen LogP contribution in [-0.4, -0.2) is 38.0 Å². The van der Waals surface area contributed by atoms with Crippen molar-refractivity contribution in [3.05, 3.63) is 59.7 Å². The summed E-state index contributed by atoms with van der Waals surface area (Å²) >= 11 is 0. The van der Waals surface area contributed by atoms with Gasteiger partial charge in [-0.25, -0.2) is 0 Å². The molecule has 0 radical (unpaired) electrons. The van der Waals surface area contributed by atoms with E-state index >= 15 is 0 Å². The fourth-order valence-corrected chi connectivity index (χ4v) is 3.38. The molecule has 0 bridgehead atoms. The molecule has 1 aliphatic rings. The third-order valence-corrected chi connectivity index (χ3v) is 4.73. The summed E-state index contributed by atoms with van der Waals surface area (Å²) < 4.78 is 17.7. The Kier molecular flexibility index (Phi) is 5.90. The van der Waals surface area contributed by atoms with Crippen molar-refractivity contribution in [3.63, 3.8) is 0 Å². The molecule has 0 atom stereocenters. The summed E-state index contributed by atoms with van der Waals surface area (Å²) in [5, 5.41) is 12.3. The number of nitrogens with zero attached hydrogens (tertiary/aromatic N) is 2. The molecule has 0 spiro atoms. The molecule has 132 valence electrons. The second-order valence-corrected chi connectivity index (χ2v) is 6.32. The van der Waals surface area contributed by atoms with E-state index in [0.717, 1.165) is 42.9 Å². The van der Waals surface area contributed by atoms with E-state index in [-0.39, 0.29) is 0 Å². The number of nitrogens with one attached hydrogen (secondary N) is 1. The fraction of sp³-hybridized carbons (Fsp3) is 0.300. The third kappa shape index (κ3) is 4.23. The molecule has 4 nitrogen and oxygen atoms in total. The summed E-state index contributed by atoms with van der Waals surface area (Å²) in [6.45, 7) is 0.912. The summed E-state index contributed by atoms with van der Waals surface area (Å²) in [5.74, 6) is 0.988. The fourth-order valence-electron chi connectivity index (χ4n) is 3.38. The number of para-hydroxylation sites is 1. The van der Waals surface area contributed by atoms with Gasteiger partial charge in [0.25, 0.3) is 0 Å². The van der Waals surface area contributed by atoms with Crippen LogP contribution in [0.15, 0.2) is 48.5 Å². The average molecular weight is 349 g/mol. The van der Waals surface area contributed by atoms with Crippen molar-refractivity contribution in [2.24, 2.45) is 0 Å². The van der Waals surface area contributed by atoms with Crippen molar-refractivity contribution in [3.8, 4) is 11.8 Å². The van der Waals surface area contributed by atoms with E-state index in [0.29, 0.717) is 17.2 Å². The molecule has 1 heterocycles. The van der Waals surface area contributed by atoms with Crippen LogP contribution >= 0.6 is 0 Å². The van der Waals surface area contributed by atoms with E-state index in [4.69, 9.17) is 10.00 Å². The van der Waals surface area contributed by atoms with E-state index < -0.39 is 6.86 Å². The third-order valence-electron chi connectivity index (χ3n) is 4.73. The first kappa shape index (κ1) is 18.0. The van der Waals surface area contributed by atoms with Crippen molar-refractivity contribution in [1.82, 2.24) is 4.90 Å². The Morgan fingerprint density at radius 3 is 2.73 bits per heavy atom. The van der Waals surface area contributed by atoms with Gasteiger partial charge in [0.2, 0.25) is 0 Å². The number of likely N-dealkylation sites (tertiary alicyclic amines) is 1. The van der Waals surface area contributed by atoms with Gasteiger partial charge in [0.15, 0.2) is 0 Å². The molecule has 1 fully saturated rings. The predicted octanol–water partition coefficient (Wildman–Crippen LogP) is 3.14. The zero-order chi connectivity index (χ0) is 18.4. The molecule has 1 saturated heterocycles. The average Bonchev–Trinajstić information content (AvgIpc) is 2.69. The van der Waals surface area contributed by atoms with Crippen LogP contribution in [-0.2, 0) is 0 Å². The van der Waals surface area contributed by atoms with E-state index in [9.17, 15) is 4.39 Å². The van der Waals surface area contributed by atoms with Gasteiger partial charge >= 0.3 is 154 Å². The molecule has 0 amide bonds. The van der Waals surface area contributed by atoms with E-state index in [1.165, 1.54) is 0 Å². The summed E-state index contributed by atoms with van der Waals surface area (Å²) in [4.78, 5) is 2.20. The van der Waals surface area contributed by atoms with Crippen LogP contribution in [0.4, 0.5) is 10.1 Å². The number of rotatable bonds is 6. The van der Waals surface area contributed by atoms with Crippen LogP contribution < -0.4 is 10.1 Å². The first-order valence-corrected chi connectivity index (χ1v) is 8.70. The van der Waals surface area contributed by atoms with Gasteiger partial charge in [0, 0.05) is 0 Å². The molecule has 0 saturated carbocycles. The number of hydrogen-bond donors (Lipinski definition) is 1. The van der Waals surface area contributed by atoms with E-state index in [2.05, 4.69) is 23.8 Å². The van der Waals surface area contributed by atoms with Crippen molar-refractivity contribution in [2.45, 2.75) is 18.8 Å². The molecule has 6 heteroatoms. The number of alkyl halides is 1. The van der Waals surface area contributed by atoms with Crippen LogP contribution in [0, 0.1) is 11.3 Å². The van der Waals surface area contributed by atoms with Gasteiger partial charge < -0.3 is 0 Å². The molecule has 1 aliphatic heterocycles. The van der Waals surface area contributed by atoms with Gasteiger partial charge in [-0.2, -0.15) is 0 Å². The number of benzene rings is 2. The van der Waals surface area contributed by atoms with Crippen LogP contribution in [0.5, 0.6) is 5.75 Å². The Bertz CT molecular complexity index is 813. The Labute approximate surface area is 154 Å². The Morgan fingerprint density at radius 2 is 2.00 bits per heavy atom. The minimum absolute atomic E-state index is 0.351. The second kappa shape index (κ2) is 8.53. The van der Waals surface area contributed by atoms with Gasteiger partial charge in [-0.1, -0.05) is 0 Å². The standard InChI is InChI=1S/C20H21BFN3O/c21-20(24-17-5-3-4-15(12-17)13-23)25-10-8-16(9-11-25)18-6-1-2-7-19(18)26-14-22/h1-7,12,16,21,24H,8-11,14H2. The number of ether oxygens (including phenoxy) is 1. The molecule has 3 rings (SSSR count). The van der Waals surface area contributed by atoms with E-state index in [1.807, 2.05) is 42.5 Å². The number of nitriles is 1. The number of halogens is 1. The van der Waals surface area contributed by atoms with Crippen molar-refractivity contribution < 1.29 is 9.13 Å². The Morgan fingerprint density at radius 1 is 1.23 bits per heavy atom. The van der Waals surface area contributed by atoms with Gasteiger partial charge in [0.1, 0.15) is 0 Å². The van der Waals surface area contributed by atoms with Gasteiger partial charge in [-0.05, 0) is 0 Å². The summed E-state index contributed by atoms with van der Waals surface area (Å²) in [7, 11) is 4.13. The summed E-state index contributed by atoms with van der Waals surface area (Å²) in [6, 6.07) is 17.2. The normalized spacial score (nSPS) is 14.5. The van der Waals surface area contributed by atoms with Gasteiger partial charge in [-0.15, -0.1) is 0 Å². The molecular weight excluding hydrogens is 328 g/mol. The molecular formula is C20H21BFN3O. The van der Waals surface area contributed by atoms with Crippen molar-refractivity contribution >= 4 is 18.9 Å². The molecule has 26 heavy (non-hydrogen) atoms. The number of anilines is 1. The minimum atomic E-state index is -0.807. The van der Waals surface area contributed by atoms with Crippen LogP contribution in [0.1, 0.15) is 29.9 Å². The molecule has 2 aromatic carbocycles. The monoisotopic (exact) mass is 349 g/mol. The Hall–Kier alpha value is -2.81. The molecule has 0 aliphatic carbocycles. The van der Waals surface area contributed by atoms with E-state index in [1.54, 1.807) is 6.07 Å². The van der Waals surface area contributed by atoms with Crippen molar-refractivity contribution in [1.29, 1.82) is 5.26 Å². The molecule has 2 aromatic rings. The first-order chi connectivity index (χ1) is 12.7. The SMILES string of the molecule is B=C(Nc1cccc(C#N)c1)N1CCC(c2ccccc2OCF)CC1. The predicted molar refractivity (Wildman–Crippen MR) is 104 cm³/mol. The quantitative estimate of drug-likeness (QED) is 0.814. The summed E-state index contributed by atoms with van der Waals surface area (Å²) in [6.07, 6.45) is 1.90. The molecule has 1 N–H and O–H groups in total. The zero-order valence-corrected chi connectivity index (χ0v) is 14.6. The van der Waals surface area contributed by atoms with Crippen molar-refractivity contribution in [2.75, 3.05) is 25.3 Å². The maximum atomic E-state index is 12.6. The molecule has 0 unspecified atom stereocenters. The first-order valence-electron chi connectivity index (χ1n) is 8.70. The van der Waals surface area contributed by atoms with Crippen LogP contribution in [0.2, 0.25) is 0 Å². The summed E-state index contributed by atoms with van der Waals surface area (Å²) in [5.41, 5.74) is 3.38. The maximum absolute atomic E-state index is 12.6. The van der Waals surface area contributed by atoms with Crippen LogP contribution in [0.25, 0.3) is 0 Å². The zero-order valence-electron chi connectivity index (χ0n) is 14.6.